The number of hydrogen-bond donors (Lipinski definition) is 2. The Bertz CT molecular complexity index is 1440. The van der Waals surface area contributed by atoms with Gasteiger partial charge in [0.2, 0.25) is 5.91 Å². The summed E-state index contributed by atoms with van der Waals surface area (Å²) >= 11 is 4.70. The van der Waals surface area contributed by atoms with E-state index >= 15 is 0 Å². The molecule has 0 saturated carbocycles. The van der Waals surface area contributed by atoms with Crippen LogP contribution in [0.5, 0.6) is 0 Å². The van der Waals surface area contributed by atoms with Crippen molar-refractivity contribution in [2.45, 2.75) is 6.54 Å². The van der Waals surface area contributed by atoms with Gasteiger partial charge in [-0.3, -0.25) is 9.59 Å². The van der Waals surface area contributed by atoms with E-state index in [1.165, 1.54) is 11.8 Å². The van der Waals surface area contributed by atoms with Crippen LogP contribution in [-0.2, 0) is 16.1 Å². The summed E-state index contributed by atoms with van der Waals surface area (Å²) in [6.45, 7) is 0.161. The lowest BCUT2D eigenvalue weighted by molar-refractivity contribution is -0.117. The first kappa shape index (κ1) is 22.2. The van der Waals surface area contributed by atoms with Crippen LogP contribution in [0.1, 0.15) is 5.56 Å². The normalized spacial score (nSPS) is 15.7. The predicted molar refractivity (Wildman–Crippen MR) is 142 cm³/mol. The average molecular weight is 531 g/mol. The van der Waals surface area contributed by atoms with Crippen molar-refractivity contribution in [3.05, 3.63) is 100 Å². The summed E-state index contributed by atoms with van der Waals surface area (Å²) in [5.74, 6) is -0.317. The Hall–Kier alpha value is -3.62. The molecule has 0 radical (unpaired) electrons. The zero-order valence-electron chi connectivity index (χ0n) is 17.9. The van der Waals surface area contributed by atoms with Crippen molar-refractivity contribution in [3.8, 4) is 0 Å². The van der Waals surface area contributed by atoms with Crippen LogP contribution in [0, 0.1) is 0 Å². The van der Waals surface area contributed by atoms with Crippen molar-refractivity contribution in [1.82, 2.24) is 9.88 Å². The number of nitrogens with zero attached hydrogens (tertiary/aromatic N) is 2. The van der Waals surface area contributed by atoms with Gasteiger partial charge < -0.3 is 15.2 Å². The Labute approximate surface area is 208 Å². The first-order valence-corrected chi connectivity index (χ1v) is 12.1. The lowest BCUT2D eigenvalue weighted by atomic mass is 10.1. The second kappa shape index (κ2) is 9.70. The number of aromatic nitrogens is 1. The van der Waals surface area contributed by atoms with Crippen molar-refractivity contribution in [3.63, 3.8) is 0 Å². The molecule has 0 spiro atoms. The summed E-state index contributed by atoms with van der Waals surface area (Å²) in [6, 6.07) is 24.8. The molecule has 1 fully saturated rings. The number of halogens is 1. The summed E-state index contributed by atoms with van der Waals surface area (Å²) in [7, 11) is 0. The van der Waals surface area contributed by atoms with Crippen molar-refractivity contribution >= 4 is 73.0 Å². The molecule has 34 heavy (non-hydrogen) atoms. The maximum Gasteiger partial charge on any atom is 0.264 e. The molecule has 0 bridgehead atoms. The molecule has 2 amide bonds. The van der Waals surface area contributed by atoms with Crippen LogP contribution in [0.3, 0.4) is 0 Å². The van der Waals surface area contributed by atoms with Crippen molar-refractivity contribution in [2.75, 3.05) is 5.32 Å². The minimum Gasteiger partial charge on any atom is -0.337 e. The van der Waals surface area contributed by atoms with E-state index < -0.39 is 0 Å². The van der Waals surface area contributed by atoms with Crippen molar-refractivity contribution in [2.24, 2.45) is 4.99 Å². The van der Waals surface area contributed by atoms with E-state index in [0.717, 1.165) is 32.3 Å². The predicted octanol–water partition coefficient (Wildman–Crippen LogP) is 5.93. The van der Waals surface area contributed by atoms with E-state index in [-0.39, 0.29) is 18.4 Å². The van der Waals surface area contributed by atoms with Gasteiger partial charge in [0.25, 0.3) is 5.91 Å². The SMILES string of the molecule is O=C(Cn1cc(/C=C2/SC(=Nc3ccc(Br)cc3)NC2=O)c2ccccc21)Nc1ccccc1. The van der Waals surface area contributed by atoms with Gasteiger partial charge in [0.1, 0.15) is 6.54 Å². The number of amides is 2. The molecular formula is C26H19BrN4O2S. The molecule has 0 atom stereocenters. The first-order valence-electron chi connectivity index (χ1n) is 10.5. The fourth-order valence-electron chi connectivity index (χ4n) is 3.65. The van der Waals surface area contributed by atoms with Crippen LogP contribution in [0.2, 0.25) is 0 Å². The zero-order valence-corrected chi connectivity index (χ0v) is 20.3. The number of aliphatic imine (C=N–C) groups is 1. The van der Waals surface area contributed by atoms with Gasteiger partial charge in [-0.2, -0.15) is 0 Å². The molecule has 1 aliphatic heterocycles. The van der Waals surface area contributed by atoms with Gasteiger partial charge in [0.05, 0.1) is 10.6 Å². The number of fused-ring (bicyclic) bond motifs is 1. The highest BCUT2D eigenvalue weighted by molar-refractivity contribution is 9.10. The molecule has 1 aromatic heterocycles. The molecule has 6 nitrogen and oxygen atoms in total. The van der Waals surface area contributed by atoms with E-state index in [9.17, 15) is 9.59 Å². The largest absolute Gasteiger partial charge is 0.337 e. The summed E-state index contributed by atoms with van der Waals surface area (Å²) in [5.41, 5.74) is 3.30. The van der Waals surface area contributed by atoms with Gasteiger partial charge in [-0.1, -0.05) is 52.3 Å². The molecule has 1 aliphatic rings. The zero-order chi connectivity index (χ0) is 23.5. The molecule has 5 rings (SSSR count). The van der Waals surface area contributed by atoms with Gasteiger partial charge in [-0.15, -0.1) is 0 Å². The number of thioether (sulfide) groups is 1. The third-order valence-corrected chi connectivity index (χ3v) is 6.62. The quantitative estimate of drug-likeness (QED) is 0.314. The molecule has 168 valence electrons. The minimum absolute atomic E-state index is 0.122. The fourth-order valence-corrected chi connectivity index (χ4v) is 4.75. The Morgan fingerprint density at radius 3 is 2.56 bits per heavy atom. The van der Waals surface area contributed by atoms with Crippen LogP contribution in [0.15, 0.2) is 99.4 Å². The van der Waals surface area contributed by atoms with Crippen molar-refractivity contribution in [1.29, 1.82) is 0 Å². The summed E-state index contributed by atoms with van der Waals surface area (Å²) in [6.07, 6.45) is 3.75. The summed E-state index contributed by atoms with van der Waals surface area (Å²) < 4.78 is 2.86. The highest BCUT2D eigenvalue weighted by Crippen LogP contribution is 2.31. The van der Waals surface area contributed by atoms with Gasteiger partial charge >= 0.3 is 0 Å². The molecule has 0 aliphatic carbocycles. The van der Waals surface area contributed by atoms with E-state index in [4.69, 9.17) is 0 Å². The monoisotopic (exact) mass is 530 g/mol. The van der Waals surface area contributed by atoms with Gasteiger partial charge in [0, 0.05) is 32.8 Å². The Balaban J connectivity index is 1.40. The maximum absolute atomic E-state index is 12.6. The van der Waals surface area contributed by atoms with Crippen LogP contribution >= 0.6 is 27.7 Å². The topological polar surface area (TPSA) is 75.5 Å². The number of carbonyl (C=O) groups excluding carboxylic acids is 2. The number of benzene rings is 3. The van der Waals surface area contributed by atoms with Crippen LogP contribution in [0.25, 0.3) is 17.0 Å². The Kier molecular flexibility index (Phi) is 6.33. The third kappa shape index (κ3) is 4.98. The number of amidine groups is 1. The van der Waals surface area contributed by atoms with E-state index in [2.05, 4.69) is 31.6 Å². The number of rotatable bonds is 5. The van der Waals surface area contributed by atoms with Gasteiger partial charge in [0.15, 0.2) is 5.17 Å². The number of nitrogens with one attached hydrogen (secondary N) is 2. The lowest BCUT2D eigenvalue weighted by Crippen LogP contribution is -2.19. The van der Waals surface area contributed by atoms with Gasteiger partial charge in [-0.05, 0) is 60.3 Å². The summed E-state index contributed by atoms with van der Waals surface area (Å²) in [5, 5.41) is 7.24. The second-order valence-corrected chi connectivity index (χ2v) is 9.55. The fraction of sp³-hybridized carbons (Fsp3) is 0.0385. The molecule has 1 saturated heterocycles. The second-order valence-electron chi connectivity index (χ2n) is 7.60. The lowest BCUT2D eigenvalue weighted by Gasteiger charge is -2.07. The van der Waals surface area contributed by atoms with Crippen LogP contribution in [0.4, 0.5) is 11.4 Å². The summed E-state index contributed by atoms with van der Waals surface area (Å²) in [4.78, 5) is 30.3. The Morgan fingerprint density at radius 1 is 1.03 bits per heavy atom. The van der Waals surface area contributed by atoms with E-state index in [1.807, 2.05) is 95.7 Å². The molecule has 3 aromatic carbocycles. The number of anilines is 1. The Morgan fingerprint density at radius 2 is 1.76 bits per heavy atom. The average Bonchev–Trinajstić information content (AvgIpc) is 3.36. The van der Waals surface area contributed by atoms with Crippen molar-refractivity contribution < 1.29 is 9.59 Å². The highest BCUT2D eigenvalue weighted by atomic mass is 79.9. The van der Waals surface area contributed by atoms with Crippen LogP contribution < -0.4 is 10.6 Å². The first-order chi connectivity index (χ1) is 16.5. The van der Waals surface area contributed by atoms with Gasteiger partial charge in [-0.25, -0.2) is 4.99 Å². The highest BCUT2D eigenvalue weighted by Gasteiger charge is 2.24. The van der Waals surface area contributed by atoms with E-state index in [0.29, 0.717) is 10.1 Å². The molecule has 0 unspecified atom stereocenters. The standard InChI is InChI=1S/C26H19BrN4O2S/c27-18-10-12-20(13-11-18)29-26-30-25(33)23(34-26)14-17-15-31(22-9-5-4-8-21(17)22)16-24(32)28-19-6-2-1-3-7-19/h1-15H,16H2,(H,28,32)(H,29,30,33)/b23-14+. The number of para-hydroxylation sites is 2. The minimum atomic E-state index is -0.195. The molecule has 8 heteroatoms. The molecule has 4 aromatic rings. The van der Waals surface area contributed by atoms with Crippen LogP contribution in [-0.4, -0.2) is 21.5 Å². The molecular weight excluding hydrogens is 512 g/mol. The third-order valence-electron chi connectivity index (χ3n) is 5.19. The number of hydrogen-bond acceptors (Lipinski definition) is 4. The van der Waals surface area contributed by atoms with E-state index in [1.54, 1.807) is 0 Å². The molecule has 2 N–H and O–H groups in total. The maximum atomic E-state index is 12.6. The molecule has 2 heterocycles. The smallest absolute Gasteiger partial charge is 0.264 e. The number of carbonyl (C=O) groups is 2.